The highest BCUT2D eigenvalue weighted by atomic mass is 32.2. The number of aromatic nitrogens is 2. The number of hydrogen-bond donors (Lipinski definition) is 1. The molecule has 1 heterocycles. The lowest BCUT2D eigenvalue weighted by Gasteiger charge is -2.15. The molecule has 156 valence electrons. The first-order valence-corrected chi connectivity index (χ1v) is 10.5. The lowest BCUT2D eigenvalue weighted by atomic mass is 10.1. The molecular weight excluding hydrogens is 402 g/mol. The third-order valence-corrected chi connectivity index (χ3v) is 5.58. The van der Waals surface area contributed by atoms with Crippen molar-refractivity contribution in [2.24, 2.45) is 0 Å². The molecule has 1 atom stereocenters. The van der Waals surface area contributed by atoms with Crippen LogP contribution in [0.2, 0.25) is 0 Å². The lowest BCUT2D eigenvalue weighted by Crippen LogP contribution is -2.29. The van der Waals surface area contributed by atoms with Crippen LogP contribution in [0.4, 0.5) is 0 Å². The molecule has 0 aliphatic carbocycles. The quantitative estimate of drug-likeness (QED) is 0.339. The summed E-state index contributed by atoms with van der Waals surface area (Å²) in [4.78, 5) is 41.5. The molecule has 8 heteroatoms. The fraction of sp³-hybridized carbons (Fsp3) is 0.273. The number of amides is 1. The summed E-state index contributed by atoms with van der Waals surface area (Å²) >= 11 is 1.17. The number of thioether (sulfide) groups is 1. The van der Waals surface area contributed by atoms with Crippen molar-refractivity contribution in [3.63, 3.8) is 0 Å². The van der Waals surface area contributed by atoms with E-state index in [1.165, 1.54) is 23.4 Å². The van der Waals surface area contributed by atoms with Crippen LogP contribution in [0.5, 0.6) is 0 Å². The van der Waals surface area contributed by atoms with Gasteiger partial charge in [-0.3, -0.25) is 19.0 Å². The summed E-state index contributed by atoms with van der Waals surface area (Å²) in [5.41, 5.74) is 1.32. The summed E-state index contributed by atoms with van der Waals surface area (Å²) in [6.07, 6.45) is 0.0429. The molecule has 30 heavy (non-hydrogen) atoms. The van der Waals surface area contributed by atoms with Crippen LogP contribution in [-0.4, -0.2) is 34.3 Å². The Bertz CT molecular complexity index is 1100. The number of hydrogen-bond acceptors (Lipinski definition) is 6. The lowest BCUT2D eigenvalue weighted by molar-refractivity contribution is -0.140. The van der Waals surface area contributed by atoms with E-state index in [1.807, 2.05) is 37.3 Å². The second-order valence-corrected chi connectivity index (χ2v) is 7.63. The Morgan fingerprint density at radius 1 is 1.13 bits per heavy atom. The number of methoxy groups -OCH3 is 1. The van der Waals surface area contributed by atoms with Gasteiger partial charge in [0.25, 0.3) is 5.56 Å². The third-order valence-electron chi connectivity index (χ3n) is 4.60. The maximum atomic E-state index is 12.9. The predicted molar refractivity (Wildman–Crippen MR) is 116 cm³/mol. The van der Waals surface area contributed by atoms with Crippen molar-refractivity contribution < 1.29 is 14.3 Å². The van der Waals surface area contributed by atoms with Crippen LogP contribution in [-0.2, 0) is 20.9 Å². The molecule has 1 amide bonds. The van der Waals surface area contributed by atoms with Crippen molar-refractivity contribution in [2.75, 3.05) is 12.9 Å². The zero-order valence-electron chi connectivity index (χ0n) is 16.8. The van der Waals surface area contributed by atoms with E-state index >= 15 is 0 Å². The molecular formula is C22H23N3O4S. The highest BCUT2D eigenvalue weighted by Gasteiger charge is 2.15. The average Bonchev–Trinajstić information content (AvgIpc) is 2.77. The monoisotopic (exact) mass is 425 g/mol. The SMILES string of the molecule is COC(=O)CCn1c(SCC(=O)NC(C)c2ccccc2)nc2ccccc2c1=O. The molecule has 0 spiro atoms. The highest BCUT2D eigenvalue weighted by Crippen LogP contribution is 2.19. The molecule has 1 aromatic heterocycles. The van der Waals surface area contributed by atoms with Gasteiger partial charge in [0.05, 0.1) is 36.2 Å². The topological polar surface area (TPSA) is 90.3 Å². The summed E-state index contributed by atoms with van der Waals surface area (Å²) in [6.45, 7) is 2.05. The molecule has 0 radical (unpaired) electrons. The summed E-state index contributed by atoms with van der Waals surface area (Å²) in [7, 11) is 1.30. The van der Waals surface area contributed by atoms with Gasteiger partial charge in [-0.2, -0.15) is 0 Å². The van der Waals surface area contributed by atoms with Gasteiger partial charge in [0.15, 0.2) is 5.16 Å². The van der Waals surface area contributed by atoms with E-state index in [9.17, 15) is 14.4 Å². The largest absolute Gasteiger partial charge is 0.469 e. The minimum absolute atomic E-state index is 0.0429. The Balaban J connectivity index is 1.77. The number of benzene rings is 2. The number of carbonyl (C=O) groups excluding carboxylic acids is 2. The molecule has 0 saturated heterocycles. The van der Waals surface area contributed by atoms with Crippen molar-refractivity contribution in [2.45, 2.75) is 31.1 Å². The second-order valence-electron chi connectivity index (χ2n) is 6.68. The first-order chi connectivity index (χ1) is 14.5. The molecule has 0 aliphatic rings. The molecule has 0 aliphatic heterocycles. The van der Waals surface area contributed by atoms with E-state index in [1.54, 1.807) is 24.3 Å². The number of rotatable bonds is 8. The van der Waals surface area contributed by atoms with Crippen molar-refractivity contribution in [1.29, 1.82) is 0 Å². The van der Waals surface area contributed by atoms with Crippen LogP contribution in [0.25, 0.3) is 10.9 Å². The molecule has 2 aromatic carbocycles. The van der Waals surface area contributed by atoms with Gasteiger partial charge in [-0.1, -0.05) is 54.2 Å². The number of nitrogens with one attached hydrogen (secondary N) is 1. The van der Waals surface area contributed by atoms with Gasteiger partial charge >= 0.3 is 5.97 Å². The standard InChI is InChI=1S/C22H23N3O4S/c1-15(16-8-4-3-5-9-16)23-19(26)14-30-22-24-18-11-7-6-10-17(18)21(28)25(22)13-12-20(27)29-2/h3-11,15H,12-14H2,1-2H3,(H,23,26). The summed E-state index contributed by atoms with van der Waals surface area (Å²) < 4.78 is 6.11. The van der Waals surface area contributed by atoms with Crippen molar-refractivity contribution in [1.82, 2.24) is 14.9 Å². The number of nitrogens with zero attached hydrogens (tertiary/aromatic N) is 2. The number of fused-ring (bicyclic) bond motifs is 1. The Kier molecular flexibility index (Phi) is 7.24. The van der Waals surface area contributed by atoms with Gasteiger partial charge in [0, 0.05) is 6.54 Å². The molecule has 0 fully saturated rings. The van der Waals surface area contributed by atoms with Gasteiger partial charge in [0.2, 0.25) is 5.91 Å². The summed E-state index contributed by atoms with van der Waals surface area (Å²) in [5, 5.41) is 3.81. The van der Waals surface area contributed by atoms with E-state index in [2.05, 4.69) is 15.0 Å². The van der Waals surface area contributed by atoms with Crippen molar-refractivity contribution in [3.05, 3.63) is 70.5 Å². The fourth-order valence-electron chi connectivity index (χ4n) is 3.00. The first-order valence-electron chi connectivity index (χ1n) is 9.53. The normalized spacial score (nSPS) is 11.8. The van der Waals surface area contributed by atoms with Crippen molar-refractivity contribution >= 4 is 34.5 Å². The van der Waals surface area contributed by atoms with Crippen LogP contribution in [0, 0.1) is 0 Å². The minimum atomic E-state index is -0.416. The summed E-state index contributed by atoms with van der Waals surface area (Å²) in [5.74, 6) is -0.487. The molecule has 1 unspecified atom stereocenters. The Labute approximate surface area is 178 Å². The van der Waals surface area contributed by atoms with E-state index in [4.69, 9.17) is 0 Å². The average molecular weight is 426 g/mol. The maximum absolute atomic E-state index is 12.9. The van der Waals surface area contributed by atoms with Gasteiger partial charge < -0.3 is 10.1 Å². The van der Waals surface area contributed by atoms with Gasteiger partial charge in [-0.25, -0.2) is 4.98 Å². The number of para-hydroxylation sites is 1. The second kappa shape index (κ2) is 10.1. The molecule has 1 N–H and O–H groups in total. The predicted octanol–water partition coefficient (Wildman–Crippen LogP) is 2.93. The minimum Gasteiger partial charge on any atom is -0.469 e. The molecule has 0 bridgehead atoms. The van der Waals surface area contributed by atoms with Crippen LogP contribution >= 0.6 is 11.8 Å². The van der Waals surface area contributed by atoms with E-state index in [-0.39, 0.29) is 36.2 Å². The molecule has 3 rings (SSSR count). The zero-order chi connectivity index (χ0) is 21.5. The van der Waals surface area contributed by atoms with Gasteiger partial charge in [-0.15, -0.1) is 0 Å². The highest BCUT2D eigenvalue weighted by molar-refractivity contribution is 7.99. The number of esters is 1. The molecule has 3 aromatic rings. The summed E-state index contributed by atoms with van der Waals surface area (Å²) in [6, 6.07) is 16.6. The Hall–Kier alpha value is -3.13. The van der Waals surface area contributed by atoms with E-state index in [0.717, 1.165) is 5.56 Å². The fourth-order valence-corrected chi connectivity index (χ4v) is 3.83. The third kappa shape index (κ3) is 5.27. The van der Waals surface area contributed by atoms with E-state index in [0.29, 0.717) is 16.1 Å². The van der Waals surface area contributed by atoms with Crippen LogP contribution in [0.3, 0.4) is 0 Å². The first kappa shape index (κ1) is 21.6. The van der Waals surface area contributed by atoms with Crippen LogP contribution in [0.1, 0.15) is 24.9 Å². The smallest absolute Gasteiger partial charge is 0.307 e. The van der Waals surface area contributed by atoms with Crippen molar-refractivity contribution in [3.8, 4) is 0 Å². The Morgan fingerprint density at radius 2 is 1.83 bits per heavy atom. The molecule has 7 nitrogen and oxygen atoms in total. The van der Waals surface area contributed by atoms with Crippen LogP contribution in [0.15, 0.2) is 64.5 Å². The van der Waals surface area contributed by atoms with Gasteiger partial charge in [-0.05, 0) is 24.6 Å². The van der Waals surface area contributed by atoms with Crippen LogP contribution < -0.4 is 10.9 Å². The van der Waals surface area contributed by atoms with E-state index < -0.39 is 5.97 Å². The van der Waals surface area contributed by atoms with Gasteiger partial charge in [0.1, 0.15) is 0 Å². The number of ether oxygens (including phenoxy) is 1. The Morgan fingerprint density at radius 3 is 2.57 bits per heavy atom. The molecule has 0 saturated carbocycles. The number of carbonyl (C=O) groups is 2. The maximum Gasteiger partial charge on any atom is 0.307 e. The zero-order valence-corrected chi connectivity index (χ0v) is 17.6.